The highest BCUT2D eigenvalue weighted by Gasteiger charge is 2.08. The largest absolute Gasteiger partial charge is 0.356 e. The minimum absolute atomic E-state index is 0. The van der Waals surface area contributed by atoms with Gasteiger partial charge >= 0.3 is 0 Å². The molecule has 0 aromatic heterocycles. The third kappa shape index (κ3) is 7.99. The number of nitrogens with one attached hydrogen (secondary N) is 2. The van der Waals surface area contributed by atoms with Gasteiger partial charge in [0.25, 0.3) is 5.91 Å². The average Bonchev–Trinajstić information content (AvgIpc) is 2.67. The molecule has 1 amide bonds. The third-order valence-electron chi connectivity index (χ3n) is 4.06. The normalized spacial score (nSPS) is 10.7. The molecule has 2 rings (SSSR count). The van der Waals surface area contributed by atoms with Gasteiger partial charge in [-0.05, 0) is 36.1 Å². The third-order valence-corrected chi connectivity index (χ3v) is 4.06. The molecule has 5 nitrogen and oxygen atoms in total. The van der Waals surface area contributed by atoms with E-state index in [0.29, 0.717) is 0 Å². The summed E-state index contributed by atoms with van der Waals surface area (Å²) in [5.41, 5.74) is 3.15. The highest BCUT2D eigenvalue weighted by molar-refractivity contribution is 14.0. The van der Waals surface area contributed by atoms with E-state index in [1.807, 2.05) is 30.3 Å². The zero-order chi connectivity index (χ0) is 18.8. The number of carbonyl (C=O) groups is 1. The summed E-state index contributed by atoms with van der Waals surface area (Å²) in [6.45, 7) is 1.58. The first kappa shape index (κ1) is 23.0. The molecule has 0 spiro atoms. The summed E-state index contributed by atoms with van der Waals surface area (Å²) < 4.78 is 0. The number of carbonyl (C=O) groups excluding carboxylic acids is 1. The molecule has 0 bridgehead atoms. The minimum Gasteiger partial charge on any atom is -0.356 e. The highest BCUT2D eigenvalue weighted by Crippen LogP contribution is 2.07. The van der Waals surface area contributed by atoms with E-state index in [1.165, 1.54) is 5.56 Å². The first-order valence-electron chi connectivity index (χ1n) is 8.89. The quantitative estimate of drug-likeness (QED) is 0.364. The molecule has 2 N–H and O–H groups in total. The Morgan fingerprint density at radius 2 is 1.52 bits per heavy atom. The van der Waals surface area contributed by atoms with Crippen LogP contribution in [-0.2, 0) is 12.8 Å². The average molecular weight is 480 g/mol. The van der Waals surface area contributed by atoms with Gasteiger partial charge in [0.05, 0.1) is 0 Å². The summed E-state index contributed by atoms with van der Waals surface area (Å²) in [6.07, 6.45) is 1.78. The first-order valence-corrected chi connectivity index (χ1v) is 8.89. The molecule has 0 unspecified atom stereocenters. The van der Waals surface area contributed by atoms with Crippen molar-refractivity contribution < 1.29 is 4.79 Å². The SMILES string of the molecule is CN=C(NCCc1ccccc1)NCCc1cccc(C(=O)N(C)C)c1.I. The van der Waals surface area contributed by atoms with Crippen LogP contribution in [0.4, 0.5) is 0 Å². The van der Waals surface area contributed by atoms with Crippen LogP contribution in [0.3, 0.4) is 0 Å². The Morgan fingerprint density at radius 3 is 2.11 bits per heavy atom. The van der Waals surface area contributed by atoms with E-state index < -0.39 is 0 Å². The van der Waals surface area contributed by atoms with Gasteiger partial charge < -0.3 is 15.5 Å². The minimum atomic E-state index is 0. The fourth-order valence-electron chi connectivity index (χ4n) is 2.63. The topological polar surface area (TPSA) is 56.7 Å². The molecule has 6 heteroatoms. The number of nitrogens with zero attached hydrogens (tertiary/aromatic N) is 2. The standard InChI is InChI=1S/C21H28N4O.HI/c1-22-21(23-14-12-17-8-5-4-6-9-17)24-15-13-18-10-7-11-19(16-18)20(26)25(2)3;/h4-11,16H,12-15H2,1-3H3,(H2,22,23,24);1H. The van der Waals surface area contributed by atoms with Crippen LogP contribution in [0, 0.1) is 0 Å². The van der Waals surface area contributed by atoms with Crippen molar-refractivity contribution in [3.63, 3.8) is 0 Å². The summed E-state index contributed by atoms with van der Waals surface area (Å²) in [6, 6.07) is 18.2. The number of halogens is 1. The number of rotatable bonds is 7. The lowest BCUT2D eigenvalue weighted by Gasteiger charge is -2.13. The highest BCUT2D eigenvalue weighted by atomic mass is 127. The van der Waals surface area contributed by atoms with E-state index in [0.717, 1.165) is 43.0 Å². The fraction of sp³-hybridized carbons (Fsp3) is 0.333. The molecule has 27 heavy (non-hydrogen) atoms. The predicted molar refractivity (Wildman–Crippen MR) is 123 cm³/mol. The van der Waals surface area contributed by atoms with Gasteiger partial charge in [-0.3, -0.25) is 9.79 Å². The number of amides is 1. The van der Waals surface area contributed by atoms with Crippen LogP contribution < -0.4 is 10.6 Å². The maximum Gasteiger partial charge on any atom is 0.253 e. The van der Waals surface area contributed by atoms with Crippen molar-refractivity contribution in [2.45, 2.75) is 12.8 Å². The lowest BCUT2D eigenvalue weighted by atomic mass is 10.1. The van der Waals surface area contributed by atoms with Crippen LogP contribution in [0.2, 0.25) is 0 Å². The molecule has 146 valence electrons. The van der Waals surface area contributed by atoms with Gasteiger partial charge in [0.2, 0.25) is 0 Å². The van der Waals surface area contributed by atoms with E-state index in [9.17, 15) is 4.79 Å². The molecule has 0 atom stereocenters. The summed E-state index contributed by atoms with van der Waals surface area (Å²) >= 11 is 0. The second kappa shape index (κ2) is 12.3. The summed E-state index contributed by atoms with van der Waals surface area (Å²) in [4.78, 5) is 17.9. The smallest absolute Gasteiger partial charge is 0.253 e. The van der Waals surface area contributed by atoms with Crippen molar-refractivity contribution in [1.29, 1.82) is 0 Å². The number of hydrogen-bond donors (Lipinski definition) is 2. The van der Waals surface area contributed by atoms with Crippen LogP contribution in [0.15, 0.2) is 59.6 Å². The lowest BCUT2D eigenvalue weighted by Crippen LogP contribution is -2.39. The molecular weight excluding hydrogens is 451 g/mol. The van der Waals surface area contributed by atoms with Crippen LogP contribution in [0.5, 0.6) is 0 Å². The second-order valence-corrected chi connectivity index (χ2v) is 6.31. The number of hydrogen-bond acceptors (Lipinski definition) is 2. The van der Waals surface area contributed by atoms with Crippen molar-refractivity contribution in [3.8, 4) is 0 Å². The molecule has 0 fully saturated rings. The predicted octanol–water partition coefficient (Wildman–Crippen LogP) is 2.96. The van der Waals surface area contributed by atoms with Crippen molar-refractivity contribution >= 4 is 35.8 Å². The van der Waals surface area contributed by atoms with Gasteiger partial charge in [0.15, 0.2) is 5.96 Å². The van der Waals surface area contributed by atoms with Gasteiger partial charge in [0, 0.05) is 39.8 Å². The molecule has 0 aliphatic rings. The summed E-state index contributed by atoms with van der Waals surface area (Å²) in [5, 5.41) is 6.65. The van der Waals surface area contributed by atoms with Gasteiger partial charge in [-0.2, -0.15) is 0 Å². The molecule has 0 aliphatic heterocycles. The van der Waals surface area contributed by atoms with Crippen LogP contribution in [0.25, 0.3) is 0 Å². The Hall–Kier alpha value is -2.09. The molecule has 0 saturated carbocycles. The van der Waals surface area contributed by atoms with E-state index in [2.05, 4.69) is 39.9 Å². The van der Waals surface area contributed by atoms with Crippen molar-refractivity contribution in [2.75, 3.05) is 34.2 Å². The summed E-state index contributed by atoms with van der Waals surface area (Å²) in [5.74, 6) is 0.819. The molecule has 0 saturated heterocycles. The number of benzene rings is 2. The first-order chi connectivity index (χ1) is 12.6. The Balaban J connectivity index is 0.00000364. The van der Waals surface area contributed by atoms with Crippen molar-refractivity contribution in [3.05, 3.63) is 71.3 Å². The van der Waals surface area contributed by atoms with E-state index in [-0.39, 0.29) is 29.9 Å². The van der Waals surface area contributed by atoms with E-state index >= 15 is 0 Å². The molecule has 2 aromatic rings. The van der Waals surface area contributed by atoms with Gasteiger partial charge in [-0.15, -0.1) is 24.0 Å². The fourth-order valence-corrected chi connectivity index (χ4v) is 2.63. The van der Waals surface area contributed by atoms with Crippen molar-refractivity contribution in [2.24, 2.45) is 4.99 Å². The molecular formula is C21H29IN4O. The molecule has 2 aromatic carbocycles. The number of guanidine groups is 1. The Kier molecular flexibility index (Phi) is 10.5. The number of aliphatic imine (C=N–C) groups is 1. The lowest BCUT2D eigenvalue weighted by molar-refractivity contribution is 0.0827. The van der Waals surface area contributed by atoms with Crippen LogP contribution in [-0.4, -0.2) is 51.0 Å². The molecule has 0 heterocycles. The zero-order valence-electron chi connectivity index (χ0n) is 16.2. The maximum absolute atomic E-state index is 12.0. The van der Waals surface area contributed by atoms with Gasteiger partial charge in [-0.1, -0.05) is 42.5 Å². The van der Waals surface area contributed by atoms with Crippen LogP contribution >= 0.6 is 24.0 Å². The van der Waals surface area contributed by atoms with Crippen LogP contribution in [0.1, 0.15) is 21.5 Å². The Bertz CT molecular complexity index is 732. The Morgan fingerprint density at radius 1 is 0.926 bits per heavy atom. The molecule has 0 aliphatic carbocycles. The maximum atomic E-state index is 12.0. The Labute approximate surface area is 179 Å². The molecule has 0 radical (unpaired) electrons. The monoisotopic (exact) mass is 480 g/mol. The van der Waals surface area contributed by atoms with E-state index in [1.54, 1.807) is 26.0 Å². The second-order valence-electron chi connectivity index (χ2n) is 6.31. The summed E-state index contributed by atoms with van der Waals surface area (Å²) in [7, 11) is 5.30. The van der Waals surface area contributed by atoms with E-state index in [4.69, 9.17) is 0 Å². The van der Waals surface area contributed by atoms with Crippen molar-refractivity contribution in [1.82, 2.24) is 15.5 Å². The van der Waals surface area contributed by atoms with Gasteiger partial charge in [-0.25, -0.2) is 0 Å². The van der Waals surface area contributed by atoms with Gasteiger partial charge in [0.1, 0.15) is 0 Å². The zero-order valence-corrected chi connectivity index (χ0v) is 18.6.